The number of rotatable bonds is 14. The third-order valence-corrected chi connectivity index (χ3v) is 5.35. The van der Waals surface area contributed by atoms with Crippen LogP contribution in [0.25, 0.3) is 0 Å². The fourth-order valence-corrected chi connectivity index (χ4v) is 3.07. The molecule has 3 nitrogen and oxygen atoms in total. The van der Waals surface area contributed by atoms with Crippen molar-refractivity contribution in [1.82, 2.24) is 0 Å². The van der Waals surface area contributed by atoms with Gasteiger partial charge in [-0.05, 0) is 78.7 Å². The van der Waals surface area contributed by atoms with E-state index in [2.05, 4.69) is 51.1 Å². The van der Waals surface area contributed by atoms with Gasteiger partial charge in [0.15, 0.2) is 0 Å². The van der Waals surface area contributed by atoms with Crippen LogP contribution in [0.2, 0.25) is 0 Å². The molecule has 1 unspecified atom stereocenters. The average molecular weight is 415 g/mol. The monoisotopic (exact) mass is 414 g/mol. The summed E-state index contributed by atoms with van der Waals surface area (Å²) < 4.78 is 5.72. The molecule has 0 fully saturated rings. The third-order valence-electron chi connectivity index (χ3n) is 5.35. The molecular formula is C27H42O3. The first-order valence-electron chi connectivity index (χ1n) is 11.2. The van der Waals surface area contributed by atoms with Crippen molar-refractivity contribution in [2.45, 2.75) is 91.5 Å². The molecule has 1 rings (SSSR count). The average Bonchev–Trinajstić information content (AvgIpc) is 2.69. The van der Waals surface area contributed by atoms with Gasteiger partial charge in [-0.1, -0.05) is 65.3 Å². The largest absolute Gasteiger partial charge is 0.390 e. The van der Waals surface area contributed by atoms with Gasteiger partial charge in [-0.25, -0.2) is 0 Å². The normalized spacial score (nSPS) is 14.8. The molecule has 1 aromatic carbocycles. The molecule has 168 valence electrons. The number of hydrogen-bond acceptors (Lipinski definition) is 3. The molecule has 1 aromatic rings. The Morgan fingerprint density at radius 1 is 0.900 bits per heavy atom. The summed E-state index contributed by atoms with van der Waals surface area (Å²) in [5, 5.41) is 19.7. The Kier molecular flexibility index (Phi) is 12.6. The van der Waals surface area contributed by atoms with Crippen LogP contribution in [0.5, 0.6) is 0 Å². The lowest BCUT2D eigenvalue weighted by atomic mass is 9.95. The van der Waals surface area contributed by atoms with Gasteiger partial charge in [0.05, 0.1) is 24.9 Å². The molecule has 0 aliphatic rings. The van der Waals surface area contributed by atoms with Gasteiger partial charge in [-0.15, -0.1) is 0 Å². The number of hydrogen-bond donors (Lipinski definition) is 2. The molecule has 30 heavy (non-hydrogen) atoms. The molecule has 0 aliphatic carbocycles. The van der Waals surface area contributed by atoms with Gasteiger partial charge < -0.3 is 14.9 Å². The summed E-state index contributed by atoms with van der Waals surface area (Å²) in [5.41, 5.74) is 4.25. The molecule has 0 aromatic heterocycles. The summed E-state index contributed by atoms with van der Waals surface area (Å²) >= 11 is 0. The fourth-order valence-electron chi connectivity index (χ4n) is 3.07. The zero-order valence-electron chi connectivity index (χ0n) is 19.7. The Morgan fingerprint density at radius 3 is 2.00 bits per heavy atom. The van der Waals surface area contributed by atoms with E-state index in [1.54, 1.807) is 13.8 Å². The minimum absolute atomic E-state index is 0.599. The van der Waals surface area contributed by atoms with Crippen LogP contribution in [0.15, 0.2) is 65.3 Å². The lowest BCUT2D eigenvalue weighted by Gasteiger charge is -2.24. The molecule has 0 heterocycles. The highest BCUT2D eigenvalue weighted by Gasteiger charge is 2.23. The summed E-state index contributed by atoms with van der Waals surface area (Å²) in [6.45, 7) is 11.1. The second kappa shape index (κ2) is 14.3. The Hall–Kier alpha value is -1.68. The van der Waals surface area contributed by atoms with E-state index < -0.39 is 11.7 Å². The van der Waals surface area contributed by atoms with Crippen molar-refractivity contribution < 1.29 is 14.9 Å². The van der Waals surface area contributed by atoms with Crippen molar-refractivity contribution in [1.29, 1.82) is 0 Å². The highest BCUT2D eigenvalue weighted by molar-refractivity contribution is 5.13. The summed E-state index contributed by atoms with van der Waals surface area (Å²) in [4.78, 5) is 0. The number of aliphatic hydroxyl groups excluding tert-OH is 1. The Bertz CT molecular complexity index is 678. The maximum Gasteiger partial charge on any atom is 0.0849 e. The van der Waals surface area contributed by atoms with E-state index in [1.807, 2.05) is 18.2 Å². The predicted octanol–water partition coefficient (Wildman–Crippen LogP) is 6.51. The van der Waals surface area contributed by atoms with Crippen LogP contribution in [0.3, 0.4) is 0 Å². The first kappa shape index (κ1) is 26.4. The quantitative estimate of drug-likeness (QED) is 0.269. The summed E-state index contributed by atoms with van der Waals surface area (Å²) in [6, 6.07) is 10.3. The smallest absolute Gasteiger partial charge is 0.0849 e. The molecule has 0 spiro atoms. The molecule has 3 heteroatoms. The number of ether oxygens (including phenoxy) is 1. The number of benzene rings is 1. The lowest BCUT2D eigenvalue weighted by molar-refractivity contribution is -0.0509. The Morgan fingerprint density at radius 2 is 1.43 bits per heavy atom. The van der Waals surface area contributed by atoms with Crippen LogP contribution >= 0.6 is 0 Å². The van der Waals surface area contributed by atoms with Crippen LogP contribution in [-0.4, -0.2) is 28.5 Å². The van der Waals surface area contributed by atoms with Crippen molar-refractivity contribution >= 4 is 0 Å². The van der Waals surface area contributed by atoms with Crippen LogP contribution in [0, 0.1) is 0 Å². The third kappa shape index (κ3) is 12.8. The van der Waals surface area contributed by atoms with E-state index in [-0.39, 0.29) is 0 Å². The molecular weight excluding hydrogens is 372 g/mol. The zero-order valence-corrected chi connectivity index (χ0v) is 19.7. The first-order chi connectivity index (χ1) is 14.2. The van der Waals surface area contributed by atoms with Crippen LogP contribution < -0.4 is 0 Å². The van der Waals surface area contributed by atoms with Gasteiger partial charge in [0.25, 0.3) is 0 Å². The standard InChI is InChI=1S/C27H42O3/c1-22(11-9-13-23(2)17-18-26(28)27(4,5)29)12-10-14-24(3)19-20-30-21-25-15-7-6-8-16-25/h6-8,12-13,15-16,19,26,28-29H,9-11,14,17-18,20-21H2,1-5H3/b22-12+,23-13+,24-19+. The minimum atomic E-state index is -1.03. The fraction of sp³-hybridized carbons (Fsp3) is 0.556. The van der Waals surface area contributed by atoms with Crippen LogP contribution in [0.4, 0.5) is 0 Å². The minimum Gasteiger partial charge on any atom is -0.390 e. The molecule has 0 radical (unpaired) electrons. The summed E-state index contributed by atoms with van der Waals surface area (Å²) in [7, 11) is 0. The van der Waals surface area contributed by atoms with Crippen molar-refractivity contribution in [2.75, 3.05) is 6.61 Å². The number of allylic oxidation sites excluding steroid dienone is 5. The maximum atomic E-state index is 9.91. The zero-order chi connectivity index (χ0) is 22.4. The van der Waals surface area contributed by atoms with E-state index >= 15 is 0 Å². The van der Waals surface area contributed by atoms with Gasteiger partial charge in [0.1, 0.15) is 0 Å². The summed E-state index contributed by atoms with van der Waals surface area (Å²) in [6.07, 6.45) is 11.7. The van der Waals surface area contributed by atoms with E-state index in [1.165, 1.54) is 22.3 Å². The van der Waals surface area contributed by atoms with Gasteiger partial charge in [-0.2, -0.15) is 0 Å². The van der Waals surface area contributed by atoms with Gasteiger partial charge >= 0.3 is 0 Å². The Balaban J connectivity index is 2.20. The van der Waals surface area contributed by atoms with Crippen LogP contribution in [-0.2, 0) is 11.3 Å². The van der Waals surface area contributed by atoms with Gasteiger partial charge in [-0.3, -0.25) is 0 Å². The molecule has 0 saturated heterocycles. The van der Waals surface area contributed by atoms with E-state index in [0.717, 1.165) is 32.1 Å². The highest BCUT2D eigenvalue weighted by Crippen LogP contribution is 2.18. The molecule has 0 amide bonds. The van der Waals surface area contributed by atoms with E-state index in [0.29, 0.717) is 19.6 Å². The van der Waals surface area contributed by atoms with E-state index in [4.69, 9.17) is 4.74 Å². The van der Waals surface area contributed by atoms with Crippen molar-refractivity contribution in [3.05, 3.63) is 70.8 Å². The Labute approximate surface area is 184 Å². The second-order valence-electron chi connectivity index (χ2n) is 8.94. The first-order valence-corrected chi connectivity index (χ1v) is 11.2. The van der Waals surface area contributed by atoms with Crippen molar-refractivity contribution in [2.24, 2.45) is 0 Å². The topological polar surface area (TPSA) is 49.7 Å². The van der Waals surface area contributed by atoms with Crippen LogP contribution in [0.1, 0.15) is 78.7 Å². The molecule has 1 atom stereocenters. The maximum absolute atomic E-state index is 9.91. The van der Waals surface area contributed by atoms with Gasteiger partial charge in [0, 0.05) is 0 Å². The molecule has 0 saturated carbocycles. The number of aliphatic hydroxyl groups is 2. The molecule has 0 bridgehead atoms. The SMILES string of the molecule is C/C(=C\CC/C(C)=C/COCc1ccccc1)CC/C=C(\C)CCC(O)C(C)(C)O. The van der Waals surface area contributed by atoms with Crippen molar-refractivity contribution in [3.63, 3.8) is 0 Å². The summed E-state index contributed by atoms with van der Waals surface area (Å²) in [5.74, 6) is 0. The van der Waals surface area contributed by atoms with Crippen molar-refractivity contribution in [3.8, 4) is 0 Å². The predicted molar refractivity (Wildman–Crippen MR) is 127 cm³/mol. The highest BCUT2D eigenvalue weighted by atomic mass is 16.5. The second-order valence-corrected chi connectivity index (χ2v) is 8.94. The lowest BCUT2D eigenvalue weighted by Crippen LogP contribution is -2.35. The molecule has 2 N–H and O–H groups in total. The van der Waals surface area contributed by atoms with Gasteiger partial charge in [0.2, 0.25) is 0 Å². The van der Waals surface area contributed by atoms with E-state index in [9.17, 15) is 10.2 Å². The molecule has 0 aliphatic heterocycles.